The van der Waals surface area contributed by atoms with Gasteiger partial charge in [0.1, 0.15) is 17.7 Å². The normalized spacial score (nSPS) is 23.7. The molecule has 0 saturated carbocycles. The van der Waals surface area contributed by atoms with Gasteiger partial charge in [-0.2, -0.15) is 5.10 Å². The lowest BCUT2D eigenvalue weighted by Gasteiger charge is -2.39. The van der Waals surface area contributed by atoms with E-state index in [4.69, 9.17) is 4.74 Å². The van der Waals surface area contributed by atoms with Crippen LogP contribution in [0.5, 0.6) is 11.6 Å². The fraction of sp³-hybridized carbons (Fsp3) is 0.381. The Hall–Kier alpha value is -3.00. The number of phenols is 1. The van der Waals surface area contributed by atoms with Crippen LogP contribution in [-0.4, -0.2) is 43.7 Å². The molecule has 5 rings (SSSR count). The second-order valence-electron chi connectivity index (χ2n) is 7.80. The van der Waals surface area contributed by atoms with Crippen LogP contribution < -0.4 is 10.1 Å². The molecule has 0 unspecified atom stereocenters. The van der Waals surface area contributed by atoms with Crippen molar-refractivity contribution in [3.05, 3.63) is 42.5 Å². The van der Waals surface area contributed by atoms with Gasteiger partial charge in [0.15, 0.2) is 0 Å². The zero-order valence-corrected chi connectivity index (χ0v) is 15.8. The van der Waals surface area contributed by atoms with Gasteiger partial charge < -0.3 is 15.2 Å². The molecule has 2 aromatic heterocycles. The fourth-order valence-corrected chi connectivity index (χ4v) is 4.39. The largest absolute Gasteiger partial charge is 0.507 e. The highest BCUT2D eigenvalue weighted by Crippen LogP contribution is 2.35. The number of nitrogens with zero attached hydrogens (tertiary/aromatic N) is 3. The number of fused-ring (bicyclic) bond motifs is 2. The maximum absolute atomic E-state index is 14.5. The summed E-state index contributed by atoms with van der Waals surface area (Å²) < 4.78 is 20.6. The number of benzene rings is 1. The number of halogens is 1. The van der Waals surface area contributed by atoms with Crippen molar-refractivity contribution < 1.29 is 14.2 Å². The van der Waals surface area contributed by atoms with E-state index in [2.05, 4.69) is 25.7 Å². The first-order valence-electron chi connectivity index (χ1n) is 9.94. The molecule has 2 aliphatic rings. The molecule has 2 saturated heterocycles. The van der Waals surface area contributed by atoms with Crippen LogP contribution in [0.2, 0.25) is 0 Å². The Kier molecular flexibility index (Phi) is 4.63. The standard InChI is InChI=1S/C21H22FN5O2/c22-18-8-17(20(28)9-16(18)12-10-23-24-11-12)19-4-5-21(27-26-19)29-15-6-13-2-1-3-14(7-15)25-13/h4-5,8-11,13-15,25,28H,1-3,6-7H2,(H,23,24)/t13-,14+,15-. The van der Waals surface area contributed by atoms with E-state index < -0.39 is 5.82 Å². The first-order chi connectivity index (χ1) is 14.2. The van der Waals surface area contributed by atoms with Crippen LogP contribution in [0.1, 0.15) is 32.1 Å². The predicted molar refractivity (Wildman–Crippen MR) is 105 cm³/mol. The molecule has 3 N–H and O–H groups in total. The molecule has 2 fully saturated rings. The summed E-state index contributed by atoms with van der Waals surface area (Å²) in [5.41, 5.74) is 1.50. The first kappa shape index (κ1) is 18.1. The van der Waals surface area contributed by atoms with Crippen LogP contribution >= 0.6 is 0 Å². The monoisotopic (exact) mass is 395 g/mol. The van der Waals surface area contributed by atoms with E-state index in [1.54, 1.807) is 18.3 Å². The zero-order valence-electron chi connectivity index (χ0n) is 15.8. The van der Waals surface area contributed by atoms with Crippen LogP contribution in [0.15, 0.2) is 36.7 Å². The summed E-state index contributed by atoms with van der Waals surface area (Å²) in [6.07, 6.45) is 8.82. The first-order valence-corrected chi connectivity index (χ1v) is 9.94. The highest BCUT2D eigenvalue weighted by atomic mass is 19.1. The highest BCUT2D eigenvalue weighted by molar-refractivity contribution is 5.74. The molecule has 3 atom stereocenters. The number of nitrogens with one attached hydrogen (secondary N) is 2. The van der Waals surface area contributed by atoms with Crippen molar-refractivity contribution in [1.29, 1.82) is 0 Å². The number of H-pyrrole nitrogens is 1. The summed E-state index contributed by atoms with van der Waals surface area (Å²) in [4.78, 5) is 0. The number of hydrogen-bond acceptors (Lipinski definition) is 6. The number of aromatic nitrogens is 4. The number of phenolic OH excluding ortho intramolecular Hbond substituents is 1. The fourth-order valence-electron chi connectivity index (χ4n) is 4.39. The summed E-state index contributed by atoms with van der Waals surface area (Å²) in [6, 6.07) is 7.09. The SMILES string of the molecule is Oc1cc(-c2cn[nH]c2)c(F)cc1-c1ccc(O[C@@H]2C[C@H]3CCC[C@@H](C2)N3)nn1. The summed E-state index contributed by atoms with van der Waals surface area (Å²) in [5.74, 6) is -0.0898. The molecule has 2 bridgehead atoms. The van der Waals surface area contributed by atoms with Gasteiger partial charge in [-0.25, -0.2) is 4.39 Å². The van der Waals surface area contributed by atoms with E-state index in [9.17, 15) is 9.50 Å². The third-order valence-corrected chi connectivity index (χ3v) is 5.77. The van der Waals surface area contributed by atoms with Crippen molar-refractivity contribution in [2.45, 2.75) is 50.3 Å². The minimum atomic E-state index is -0.470. The highest BCUT2D eigenvalue weighted by Gasteiger charge is 2.32. The van der Waals surface area contributed by atoms with Gasteiger partial charge >= 0.3 is 0 Å². The maximum Gasteiger partial charge on any atom is 0.233 e. The molecule has 150 valence electrons. The maximum atomic E-state index is 14.5. The molecular formula is C21H22FN5O2. The minimum Gasteiger partial charge on any atom is -0.507 e. The van der Waals surface area contributed by atoms with Gasteiger partial charge in [0.25, 0.3) is 0 Å². The lowest BCUT2D eigenvalue weighted by Crippen LogP contribution is -2.51. The molecule has 0 radical (unpaired) electrons. The van der Waals surface area contributed by atoms with Crippen LogP contribution in [0.25, 0.3) is 22.4 Å². The van der Waals surface area contributed by atoms with E-state index >= 15 is 0 Å². The Morgan fingerprint density at radius 3 is 2.59 bits per heavy atom. The van der Waals surface area contributed by atoms with Crippen molar-refractivity contribution in [2.75, 3.05) is 0 Å². The Labute approximate surface area is 167 Å². The molecule has 2 aliphatic heterocycles. The minimum absolute atomic E-state index is 0.0725. The molecule has 4 heterocycles. The third-order valence-electron chi connectivity index (χ3n) is 5.77. The van der Waals surface area contributed by atoms with Crippen LogP contribution in [-0.2, 0) is 0 Å². The average Bonchev–Trinajstić information content (AvgIpc) is 3.24. The number of ether oxygens (including phenoxy) is 1. The van der Waals surface area contributed by atoms with E-state index in [0.29, 0.717) is 29.2 Å². The molecule has 0 spiro atoms. The lowest BCUT2D eigenvalue weighted by atomic mass is 9.85. The molecule has 0 aliphatic carbocycles. The summed E-state index contributed by atoms with van der Waals surface area (Å²) in [7, 11) is 0. The average molecular weight is 395 g/mol. The van der Waals surface area contributed by atoms with Crippen LogP contribution in [0.3, 0.4) is 0 Å². The Balaban J connectivity index is 1.33. The van der Waals surface area contributed by atoms with E-state index in [1.165, 1.54) is 37.6 Å². The molecular weight excluding hydrogens is 373 g/mol. The topological polar surface area (TPSA) is 96.0 Å². The number of aromatic amines is 1. The van der Waals surface area contributed by atoms with Gasteiger partial charge in [-0.15, -0.1) is 10.2 Å². The number of rotatable bonds is 4. The predicted octanol–water partition coefficient (Wildman–Crippen LogP) is 3.43. The van der Waals surface area contributed by atoms with Gasteiger partial charge in [0.2, 0.25) is 5.88 Å². The van der Waals surface area contributed by atoms with Gasteiger partial charge in [-0.1, -0.05) is 6.42 Å². The van der Waals surface area contributed by atoms with Gasteiger partial charge in [-0.05, 0) is 43.9 Å². The van der Waals surface area contributed by atoms with E-state index in [-0.39, 0.29) is 23.0 Å². The Morgan fingerprint density at radius 2 is 1.90 bits per heavy atom. The quantitative estimate of drug-likeness (QED) is 0.626. The van der Waals surface area contributed by atoms with Crippen molar-refractivity contribution >= 4 is 0 Å². The number of aromatic hydroxyl groups is 1. The Bertz CT molecular complexity index is 981. The molecule has 0 amide bonds. The zero-order chi connectivity index (χ0) is 19.8. The molecule has 29 heavy (non-hydrogen) atoms. The van der Waals surface area contributed by atoms with Crippen molar-refractivity contribution in [3.8, 4) is 34.0 Å². The second-order valence-corrected chi connectivity index (χ2v) is 7.80. The molecule has 7 nitrogen and oxygen atoms in total. The smallest absolute Gasteiger partial charge is 0.233 e. The van der Waals surface area contributed by atoms with Crippen molar-refractivity contribution in [3.63, 3.8) is 0 Å². The summed E-state index contributed by atoms with van der Waals surface area (Å²) >= 11 is 0. The van der Waals surface area contributed by atoms with Crippen molar-refractivity contribution in [2.24, 2.45) is 0 Å². The number of piperidine rings is 2. The van der Waals surface area contributed by atoms with Gasteiger partial charge in [0, 0.05) is 41.0 Å². The lowest BCUT2D eigenvalue weighted by molar-refractivity contribution is 0.0881. The van der Waals surface area contributed by atoms with Crippen LogP contribution in [0, 0.1) is 5.82 Å². The number of hydrogen-bond donors (Lipinski definition) is 3. The summed E-state index contributed by atoms with van der Waals surface area (Å²) in [5, 5.41) is 28.8. The van der Waals surface area contributed by atoms with Gasteiger partial charge in [0.05, 0.1) is 11.9 Å². The van der Waals surface area contributed by atoms with Gasteiger partial charge in [-0.3, -0.25) is 5.10 Å². The van der Waals surface area contributed by atoms with E-state index in [1.807, 2.05) is 0 Å². The molecule has 8 heteroatoms. The second kappa shape index (κ2) is 7.44. The van der Waals surface area contributed by atoms with Crippen molar-refractivity contribution in [1.82, 2.24) is 25.7 Å². The molecule has 1 aromatic carbocycles. The van der Waals surface area contributed by atoms with E-state index in [0.717, 1.165) is 12.8 Å². The van der Waals surface area contributed by atoms with Crippen LogP contribution in [0.4, 0.5) is 4.39 Å². The third kappa shape index (κ3) is 3.67. The summed E-state index contributed by atoms with van der Waals surface area (Å²) in [6.45, 7) is 0. The molecule has 3 aromatic rings. The Morgan fingerprint density at radius 1 is 1.07 bits per heavy atom.